The standard InChI is InChI=1S/C38H41Br/c1-3-5-7-10-14-28-19-25-34-35(26-28)37(32-22-20-31(21-23-32)30-16-12-9-13-17-30)33-24-18-29(15-11-8-6-4-2)27-36(33)38(34)39/h9,12-13,16-27H,3-8,10-11,14-15H2,1-2H3. The van der Waals surface area contributed by atoms with Crippen LogP contribution >= 0.6 is 15.9 Å². The highest BCUT2D eigenvalue weighted by Gasteiger charge is 2.16. The first kappa shape index (κ1) is 27.7. The highest BCUT2D eigenvalue weighted by Crippen LogP contribution is 2.43. The van der Waals surface area contributed by atoms with Gasteiger partial charge in [-0.3, -0.25) is 0 Å². The van der Waals surface area contributed by atoms with Gasteiger partial charge in [0.25, 0.3) is 0 Å². The molecule has 0 atom stereocenters. The summed E-state index contributed by atoms with van der Waals surface area (Å²) in [6.07, 6.45) is 12.7. The third kappa shape index (κ3) is 6.47. The van der Waals surface area contributed by atoms with E-state index in [4.69, 9.17) is 0 Å². The van der Waals surface area contributed by atoms with Crippen LogP contribution in [0.5, 0.6) is 0 Å². The van der Waals surface area contributed by atoms with Crippen molar-refractivity contribution in [3.05, 3.63) is 107 Å². The van der Waals surface area contributed by atoms with E-state index in [0.717, 1.165) is 12.8 Å². The van der Waals surface area contributed by atoms with Gasteiger partial charge in [-0.25, -0.2) is 0 Å². The molecule has 0 N–H and O–H groups in total. The maximum Gasteiger partial charge on any atom is 0.0332 e. The van der Waals surface area contributed by atoms with Gasteiger partial charge in [-0.05, 0) is 103 Å². The fourth-order valence-corrected chi connectivity index (χ4v) is 6.54. The number of rotatable bonds is 12. The average Bonchev–Trinajstić information content (AvgIpc) is 2.98. The number of fused-ring (bicyclic) bond motifs is 2. The Morgan fingerprint density at radius 1 is 0.462 bits per heavy atom. The summed E-state index contributed by atoms with van der Waals surface area (Å²) in [5, 5.41) is 5.33. The third-order valence-corrected chi connectivity index (χ3v) is 8.95. The summed E-state index contributed by atoms with van der Waals surface area (Å²) in [7, 11) is 0. The Bertz CT molecular complexity index is 1510. The highest BCUT2D eigenvalue weighted by atomic mass is 79.9. The van der Waals surface area contributed by atoms with E-state index >= 15 is 0 Å². The van der Waals surface area contributed by atoms with Gasteiger partial charge >= 0.3 is 0 Å². The predicted molar refractivity (Wildman–Crippen MR) is 176 cm³/mol. The molecule has 0 saturated heterocycles. The lowest BCUT2D eigenvalue weighted by Gasteiger charge is -2.17. The van der Waals surface area contributed by atoms with Gasteiger partial charge < -0.3 is 0 Å². The smallest absolute Gasteiger partial charge is 0.0332 e. The first-order chi connectivity index (χ1) is 19.2. The van der Waals surface area contributed by atoms with Crippen LogP contribution in [0, 0.1) is 0 Å². The lowest BCUT2D eigenvalue weighted by Crippen LogP contribution is -1.93. The van der Waals surface area contributed by atoms with Crippen LogP contribution in [-0.2, 0) is 12.8 Å². The van der Waals surface area contributed by atoms with E-state index < -0.39 is 0 Å². The van der Waals surface area contributed by atoms with Gasteiger partial charge in [0.1, 0.15) is 0 Å². The molecule has 0 amide bonds. The van der Waals surface area contributed by atoms with Crippen molar-refractivity contribution in [1.82, 2.24) is 0 Å². The predicted octanol–water partition coefficient (Wildman–Crippen LogP) is 12.3. The fraction of sp³-hybridized carbons (Fsp3) is 0.316. The van der Waals surface area contributed by atoms with Crippen molar-refractivity contribution in [3.8, 4) is 22.3 Å². The van der Waals surface area contributed by atoms with Crippen molar-refractivity contribution < 1.29 is 0 Å². The first-order valence-corrected chi connectivity index (χ1v) is 15.8. The molecule has 0 saturated carbocycles. The molecule has 0 aliphatic carbocycles. The summed E-state index contributed by atoms with van der Waals surface area (Å²) < 4.78 is 1.23. The van der Waals surface area contributed by atoms with E-state index in [1.807, 2.05) is 0 Å². The fourth-order valence-electron chi connectivity index (χ4n) is 5.86. The molecular formula is C38H41Br. The molecule has 0 unspecified atom stereocenters. The van der Waals surface area contributed by atoms with Gasteiger partial charge in [-0.1, -0.05) is 137 Å². The van der Waals surface area contributed by atoms with Gasteiger partial charge in [0.2, 0.25) is 0 Å². The second kappa shape index (κ2) is 13.4. The van der Waals surface area contributed by atoms with Crippen LogP contribution in [0.25, 0.3) is 43.8 Å². The van der Waals surface area contributed by atoms with Crippen LogP contribution in [0.4, 0.5) is 0 Å². The third-order valence-electron chi connectivity index (χ3n) is 8.10. The molecule has 5 rings (SSSR count). The molecule has 0 heterocycles. The molecule has 5 aromatic carbocycles. The normalized spacial score (nSPS) is 11.5. The van der Waals surface area contributed by atoms with Gasteiger partial charge in [-0.2, -0.15) is 0 Å². The van der Waals surface area contributed by atoms with Crippen LogP contribution in [0.15, 0.2) is 95.5 Å². The summed E-state index contributed by atoms with van der Waals surface area (Å²) in [5.41, 5.74) is 8.05. The van der Waals surface area contributed by atoms with E-state index in [0.29, 0.717) is 0 Å². The van der Waals surface area contributed by atoms with Gasteiger partial charge in [0, 0.05) is 4.47 Å². The number of hydrogen-bond donors (Lipinski definition) is 0. The van der Waals surface area contributed by atoms with Crippen molar-refractivity contribution in [2.75, 3.05) is 0 Å². The Balaban J connectivity index is 1.61. The molecule has 0 aromatic heterocycles. The molecule has 1 heteroatoms. The van der Waals surface area contributed by atoms with Crippen LogP contribution in [0.2, 0.25) is 0 Å². The molecule has 5 aromatic rings. The molecule has 0 nitrogen and oxygen atoms in total. The molecular weight excluding hydrogens is 536 g/mol. The molecule has 0 fully saturated rings. The van der Waals surface area contributed by atoms with Crippen molar-refractivity contribution in [1.29, 1.82) is 0 Å². The Labute approximate surface area is 243 Å². The molecule has 0 bridgehead atoms. The Morgan fingerprint density at radius 2 is 1.00 bits per heavy atom. The average molecular weight is 578 g/mol. The molecule has 0 aliphatic heterocycles. The lowest BCUT2D eigenvalue weighted by atomic mass is 9.89. The highest BCUT2D eigenvalue weighted by molar-refractivity contribution is 9.10. The molecule has 0 spiro atoms. The van der Waals surface area contributed by atoms with E-state index in [9.17, 15) is 0 Å². The minimum atomic E-state index is 1.15. The summed E-state index contributed by atoms with van der Waals surface area (Å²) in [6, 6.07) is 34.2. The van der Waals surface area contributed by atoms with Crippen molar-refractivity contribution in [2.24, 2.45) is 0 Å². The molecule has 0 radical (unpaired) electrons. The van der Waals surface area contributed by atoms with Gasteiger partial charge in [-0.15, -0.1) is 0 Å². The zero-order chi connectivity index (χ0) is 27.0. The number of unbranched alkanes of at least 4 members (excludes halogenated alkanes) is 6. The maximum atomic E-state index is 4.06. The maximum absolute atomic E-state index is 4.06. The van der Waals surface area contributed by atoms with Crippen molar-refractivity contribution >= 4 is 37.5 Å². The van der Waals surface area contributed by atoms with Gasteiger partial charge in [0.05, 0.1) is 0 Å². The van der Waals surface area contributed by atoms with Crippen molar-refractivity contribution in [2.45, 2.75) is 78.1 Å². The first-order valence-electron chi connectivity index (χ1n) is 15.0. The van der Waals surface area contributed by atoms with Crippen molar-refractivity contribution in [3.63, 3.8) is 0 Å². The molecule has 0 aliphatic rings. The summed E-state index contributed by atoms with van der Waals surface area (Å²) >= 11 is 4.06. The minimum absolute atomic E-state index is 1.15. The number of benzene rings is 5. The van der Waals surface area contributed by atoms with Crippen LogP contribution in [-0.4, -0.2) is 0 Å². The van der Waals surface area contributed by atoms with Crippen LogP contribution in [0.1, 0.15) is 76.3 Å². The zero-order valence-electron chi connectivity index (χ0n) is 23.6. The second-order valence-electron chi connectivity index (χ2n) is 11.0. The number of halogens is 1. The Hall–Kier alpha value is -2.90. The largest absolute Gasteiger partial charge is 0.0654 e. The number of aryl methyl sites for hydroxylation is 2. The second-order valence-corrected chi connectivity index (χ2v) is 11.8. The summed E-state index contributed by atoms with van der Waals surface area (Å²) in [4.78, 5) is 0. The Morgan fingerprint density at radius 3 is 1.62 bits per heavy atom. The topological polar surface area (TPSA) is 0 Å². The zero-order valence-corrected chi connectivity index (χ0v) is 25.2. The van der Waals surface area contributed by atoms with Crippen LogP contribution < -0.4 is 0 Å². The SMILES string of the molecule is CCCCCCc1ccc2c(-c3ccc(-c4ccccc4)cc3)c3cc(CCCCCC)ccc3c(Br)c2c1. The molecule has 200 valence electrons. The lowest BCUT2D eigenvalue weighted by molar-refractivity contribution is 0.667. The summed E-state index contributed by atoms with van der Waals surface area (Å²) in [5.74, 6) is 0. The van der Waals surface area contributed by atoms with E-state index in [-0.39, 0.29) is 0 Å². The quantitative estimate of drug-likeness (QED) is 0.102. The van der Waals surface area contributed by atoms with Crippen LogP contribution in [0.3, 0.4) is 0 Å². The Kier molecular flexibility index (Phi) is 9.53. The monoisotopic (exact) mass is 576 g/mol. The summed E-state index contributed by atoms with van der Waals surface area (Å²) in [6.45, 7) is 4.56. The van der Waals surface area contributed by atoms with E-state index in [1.54, 1.807) is 0 Å². The number of hydrogen-bond acceptors (Lipinski definition) is 0. The van der Waals surface area contributed by atoms with E-state index in [2.05, 4.69) is 121 Å². The molecule has 39 heavy (non-hydrogen) atoms. The van der Waals surface area contributed by atoms with E-state index in [1.165, 1.54) is 111 Å². The van der Waals surface area contributed by atoms with Gasteiger partial charge in [0.15, 0.2) is 0 Å². The minimum Gasteiger partial charge on any atom is -0.0654 e.